The van der Waals surface area contributed by atoms with Crippen molar-refractivity contribution in [2.75, 3.05) is 13.1 Å². The van der Waals surface area contributed by atoms with E-state index < -0.39 is 0 Å². The second-order valence-corrected chi connectivity index (χ2v) is 6.43. The van der Waals surface area contributed by atoms with E-state index in [1.165, 1.54) is 24.8 Å². The van der Waals surface area contributed by atoms with Crippen molar-refractivity contribution < 1.29 is 4.79 Å². The average Bonchev–Trinajstić information content (AvgIpc) is 2.89. The molecule has 1 aromatic rings. The van der Waals surface area contributed by atoms with Crippen molar-refractivity contribution in [1.29, 1.82) is 0 Å². The lowest BCUT2D eigenvalue weighted by molar-refractivity contribution is -0.132. The first-order valence-corrected chi connectivity index (χ1v) is 8.20. The van der Waals surface area contributed by atoms with Crippen LogP contribution in [0.3, 0.4) is 0 Å². The lowest BCUT2D eigenvalue weighted by Gasteiger charge is -2.24. The summed E-state index contributed by atoms with van der Waals surface area (Å²) >= 11 is 0. The summed E-state index contributed by atoms with van der Waals surface area (Å²) in [5, 5.41) is 0. The third-order valence-electron chi connectivity index (χ3n) is 4.47. The van der Waals surface area contributed by atoms with E-state index in [0.29, 0.717) is 31.3 Å². The number of benzene rings is 1. The Bertz CT molecular complexity index is 438. The number of hydrogen-bond donors (Lipinski definition) is 1. The molecule has 1 saturated carbocycles. The molecule has 124 valence electrons. The van der Waals surface area contributed by atoms with Gasteiger partial charge in [0.25, 0.3) is 0 Å². The van der Waals surface area contributed by atoms with Crippen LogP contribution < -0.4 is 5.73 Å². The van der Waals surface area contributed by atoms with Crippen molar-refractivity contribution in [3.05, 3.63) is 35.9 Å². The molecule has 0 radical (unpaired) electrons. The predicted molar refractivity (Wildman–Crippen MR) is 93.9 cm³/mol. The van der Waals surface area contributed by atoms with Crippen molar-refractivity contribution >= 4 is 18.3 Å². The Hall–Kier alpha value is -1.06. The van der Waals surface area contributed by atoms with Crippen LogP contribution in [0.4, 0.5) is 0 Å². The number of carbonyl (C=O) groups is 1. The Morgan fingerprint density at radius 2 is 2.00 bits per heavy atom. The summed E-state index contributed by atoms with van der Waals surface area (Å²) in [7, 11) is 0. The van der Waals surface area contributed by atoms with Gasteiger partial charge in [-0.05, 0) is 43.2 Å². The number of carbonyl (C=O) groups excluding carboxylic acids is 1. The molecule has 2 atom stereocenters. The third-order valence-corrected chi connectivity index (χ3v) is 4.47. The highest BCUT2D eigenvalue weighted by molar-refractivity contribution is 5.85. The van der Waals surface area contributed by atoms with Gasteiger partial charge < -0.3 is 10.6 Å². The van der Waals surface area contributed by atoms with Crippen molar-refractivity contribution in [1.82, 2.24) is 4.90 Å². The van der Waals surface area contributed by atoms with Crippen LogP contribution in [0.25, 0.3) is 0 Å². The van der Waals surface area contributed by atoms with Gasteiger partial charge in [0.05, 0.1) is 0 Å². The lowest BCUT2D eigenvalue weighted by atomic mass is 10.0. The number of nitrogens with zero attached hydrogens (tertiary/aromatic N) is 1. The van der Waals surface area contributed by atoms with Gasteiger partial charge >= 0.3 is 0 Å². The first-order valence-electron chi connectivity index (χ1n) is 8.20. The summed E-state index contributed by atoms with van der Waals surface area (Å²) in [6.07, 6.45) is 5.28. The van der Waals surface area contributed by atoms with Crippen molar-refractivity contribution in [2.45, 2.75) is 45.6 Å². The van der Waals surface area contributed by atoms with Crippen molar-refractivity contribution in [2.24, 2.45) is 17.6 Å². The molecule has 2 rings (SSSR count). The summed E-state index contributed by atoms with van der Waals surface area (Å²) in [6.45, 7) is 4.41. The molecule has 3 nitrogen and oxygen atoms in total. The molecule has 2 N–H and O–H groups in total. The molecule has 0 saturated heterocycles. The number of amides is 1. The van der Waals surface area contributed by atoms with Gasteiger partial charge in [0, 0.05) is 19.5 Å². The lowest BCUT2D eigenvalue weighted by Crippen LogP contribution is -2.33. The van der Waals surface area contributed by atoms with Gasteiger partial charge in [0.2, 0.25) is 5.91 Å². The van der Waals surface area contributed by atoms with Gasteiger partial charge in [-0.3, -0.25) is 4.79 Å². The maximum atomic E-state index is 12.6. The van der Waals surface area contributed by atoms with E-state index in [0.717, 1.165) is 18.9 Å². The van der Waals surface area contributed by atoms with Crippen LogP contribution in [0.1, 0.15) is 44.6 Å². The minimum Gasteiger partial charge on any atom is -0.338 e. The fourth-order valence-electron chi connectivity index (χ4n) is 3.26. The molecule has 0 heterocycles. The quantitative estimate of drug-likeness (QED) is 0.832. The van der Waals surface area contributed by atoms with Gasteiger partial charge in [0.15, 0.2) is 0 Å². The summed E-state index contributed by atoms with van der Waals surface area (Å²) < 4.78 is 0. The Kier molecular flexibility index (Phi) is 8.51. The van der Waals surface area contributed by atoms with E-state index in [4.69, 9.17) is 5.73 Å². The predicted octanol–water partition coefficient (Wildman–Crippen LogP) is 3.61. The van der Waals surface area contributed by atoms with Gasteiger partial charge in [-0.15, -0.1) is 12.4 Å². The third kappa shape index (κ3) is 5.98. The van der Waals surface area contributed by atoms with E-state index in [9.17, 15) is 4.79 Å². The first-order chi connectivity index (χ1) is 10.2. The number of rotatable bonds is 7. The molecule has 0 aliphatic heterocycles. The highest BCUT2D eigenvalue weighted by Gasteiger charge is 2.25. The molecule has 4 heteroatoms. The minimum atomic E-state index is 0. The molecule has 2 unspecified atom stereocenters. The van der Waals surface area contributed by atoms with E-state index in [1.54, 1.807) is 0 Å². The number of halogens is 1. The van der Waals surface area contributed by atoms with Crippen LogP contribution >= 0.6 is 12.4 Å². The highest BCUT2D eigenvalue weighted by atomic mass is 35.5. The standard InChI is InChI=1S/C18H28N2O.ClH/c1-15-8-9-17(12-15)13-18(21)20(11-5-10-19)14-16-6-3-2-4-7-16;/h2-4,6-7,15,17H,5,8-14,19H2,1H3;1H. The zero-order valence-corrected chi connectivity index (χ0v) is 14.4. The number of hydrogen-bond acceptors (Lipinski definition) is 2. The molecule has 0 aromatic heterocycles. The van der Waals surface area contributed by atoms with E-state index in [2.05, 4.69) is 19.1 Å². The number of nitrogens with two attached hydrogens (primary N) is 1. The molecule has 22 heavy (non-hydrogen) atoms. The van der Waals surface area contributed by atoms with Crippen LogP contribution in [0, 0.1) is 11.8 Å². The van der Waals surface area contributed by atoms with E-state index in [1.807, 2.05) is 23.1 Å². The molecule has 0 spiro atoms. The van der Waals surface area contributed by atoms with Gasteiger partial charge in [-0.1, -0.05) is 43.7 Å². The highest BCUT2D eigenvalue weighted by Crippen LogP contribution is 2.33. The SMILES string of the molecule is CC1CCC(CC(=O)N(CCCN)Cc2ccccc2)C1.Cl. The molecular weight excluding hydrogens is 296 g/mol. The zero-order chi connectivity index (χ0) is 15.1. The summed E-state index contributed by atoms with van der Waals surface area (Å²) in [5.41, 5.74) is 6.81. The minimum absolute atomic E-state index is 0. The van der Waals surface area contributed by atoms with E-state index in [-0.39, 0.29) is 12.4 Å². The summed E-state index contributed by atoms with van der Waals surface area (Å²) in [4.78, 5) is 14.6. The zero-order valence-electron chi connectivity index (χ0n) is 13.5. The van der Waals surface area contributed by atoms with Crippen LogP contribution in [0.2, 0.25) is 0 Å². The molecule has 1 aromatic carbocycles. The van der Waals surface area contributed by atoms with Gasteiger partial charge in [-0.25, -0.2) is 0 Å². The first kappa shape index (κ1) is 19.0. The Labute approximate surface area is 140 Å². The topological polar surface area (TPSA) is 46.3 Å². The van der Waals surface area contributed by atoms with Gasteiger partial charge in [0.1, 0.15) is 0 Å². The average molecular weight is 325 g/mol. The van der Waals surface area contributed by atoms with Crippen LogP contribution in [0.15, 0.2) is 30.3 Å². The fourth-order valence-corrected chi connectivity index (χ4v) is 3.26. The molecule has 1 amide bonds. The van der Waals surface area contributed by atoms with Gasteiger partial charge in [-0.2, -0.15) is 0 Å². The smallest absolute Gasteiger partial charge is 0.223 e. The maximum Gasteiger partial charge on any atom is 0.223 e. The molecular formula is C18H29ClN2O. The van der Waals surface area contributed by atoms with Crippen LogP contribution in [0.5, 0.6) is 0 Å². The van der Waals surface area contributed by atoms with Crippen LogP contribution in [-0.2, 0) is 11.3 Å². The Morgan fingerprint density at radius 1 is 1.27 bits per heavy atom. The summed E-state index contributed by atoms with van der Waals surface area (Å²) in [6, 6.07) is 10.2. The Morgan fingerprint density at radius 3 is 2.59 bits per heavy atom. The van der Waals surface area contributed by atoms with Crippen molar-refractivity contribution in [3.8, 4) is 0 Å². The van der Waals surface area contributed by atoms with E-state index >= 15 is 0 Å². The van der Waals surface area contributed by atoms with Crippen molar-refractivity contribution in [3.63, 3.8) is 0 Å². The molecule has 1 aliphatic carbocycles. The molecule has 0 bridgehead atoms. The second kappa shape index (κ2) is 9.86. The van der Waals surface area contributed by atoms with Crippen LogP contribution in [-0.4, -0.2) is 23.9 Å². The Balaban J connectivity index is 0.00000242. The normalized spacial score (nSPS) is 20.5. The summed E-state index contributed by atoms with van der Waals surface area (Å²) in [5.74, 6) is 1.67. The largest absolute Gasteiger partial charge is 0.338 e. The molecule has 1 fully saturated rings. The monoisotopic (exact) mass is 324 g/mol. The maximum absolute atomic E-state index is 12.6. The molecule has 1 aliphatic rings. The fraction of sp³-hybridized carbons (Fsp3) is 0.611. The second-order valence-electron chi connectivity index (χ2n) is 6.43.